The third-order valence-corrected chi connectivity index (χ3v) is 2.36. The smallest absolute Gasteiger partial charge is 0.00144 e. The second-order valence-corrected chi connectivity index (χ2v) is 3.77. The average Bonchev–Trinajstić information content (AvgIpc) is 2.03. The van der Waals surface area contributed by atoms with E-state index in [1.54, 1.807) is 0 Å². The summed E-state index contributed by atoms with van der Waals surface area (Å²) < 4.78 is 0. The molecule has 0 aliphatic heterocycles. The van der Waals surface area contributed by atoms with Gasteiger partial charge in [-0.2, -0.15) is 11.8 Å². The lowest BCUT2D eigenvalue weighted by atomic mass is 10.4. The van der Waals surface area contributed by atoms with Crippen molar-refractivity contribution in [1.82, 2.24) is 5.32 Å². The molecule has 0 spiro atoms. The summed E-state index contributed by atoms with van der Waals surface area (Å²) in [6.45, 7) is 8.11. The van der Waals surface area contributed by atoms with E-state index in [0.29, 0.717) is 0 Å². The summed E-state index contributed by atoms with van der Waals surface area (Å²) in [5, 5.41) is 3.36. The quantitative estimate of drug-likeness (QED) is 0.446. The Morgan fingerprint density at radius 3 is 2.91 bits per heavy atom. The van der Waals surface area contributed by atoms with E-state index in [9.17, 15) is 0 Å². The van der Waals surface area contributed by atoms with Crippen LogP contribution in [0.1, 0.15) is 19.8 Å². The van der Waals surface area contributed by atoms with Gasteiger partial charge in [0.05, 0.1) is 0 Å². The maximum atomic E-state index is 3.66. The Labute approximate surface area is 74.6 Å². The van der Waals surface area contributed by atoms with Crippen LogP contribution in [0.4, 0.5) is 0 Å². The molecule has 0 saturated heterocycles. The van der Waals surface area contributed by atoms with Crippen molar-refractivity contribution < 1.29 is 0 Å². The van der Waals surface area contributed by atoms with Crippen molar-refractivity contribution in [1.29, 1.82) is 0 Å². The summed E-state index contributed by atoms with van der Waals surface area (Å²) in [5.74, 6) is 2.53. The van der Waals surface area contributed by atoms with Gasteiger partial charge in [-0.1, -0.05) is 13.0 Å². The van der Waals surface area contributed by atoms with Crippen molar-refractivity contribution >= 4 is 11.8 Å². The Morgan fingerprint density at radius 2 is 2.27 bits per heavy atom. The van der Waals surface area contributed by atoms with Crippen LogP contribution >= 0.6 is 11.8 Å². The van der Waals surface area contributed by atoms with E-state index in [2.05, 4.69) is 18.8 Å². The average molecular weight is 173 g/mol. The number of rotatable bonds is 8. The van der Waals surface area contributed by atoms with Crippen molar-refractivity contribution in [2.24, 2.45) is 0 Å². The lowest BCUT2D eigenvalue weighted by molar-refractivity contribution is 0.682. The number of thioether (sulfide) groups is 1. The van der Waals surface area contributed by atoms with Gasteiger partial charge in [0, 0.05) is 0 Å². The molecule has 0 rings (SSSR count). The summed E-state index contributed by atoms with van der Waals surface area (Å²) in [6, 6.07) is 0. The molecule has 66 valence electrons. The highest BCUT2D eigenvalue weighted by atomic mass is 32.2. The zero-order chi connectivity index (χ0) is 8.36. The second-order valence-electron chi connectivity index (χ2n) is 2.38. The molecule has 0 saturated carbocycles. The Bertz CT molecular complexity index is 83.6. The molecule has 0 heterocycles. The molecule has 0 radical (unpaired) electrons. The molecule has 0 unspecified atom stereocenters. The Morgan fingerprint density at radius 1 is 1.45 bits per heavy atom. The minimum Gasteiger partial charge on any atom is -0.316 e. The normalized spacial score (nSPS) is 9.91. The summed E-state index contributed by atoms with van der Waals surface area (Å²) in [7, 11) is 0. The molecule has 0 amide bonds. The molecule has 1 nitrogen and oxygen atoms in total. The van der Waals surface area contributed by atoms with Gasteiger partial charge in [-0.05, 0) is 37.4 Å². The number of nitrogens with one attached hydrogen (secondary N) is 1. The molecule has 1 N–H and O–H groups in total. The van der Waals surface area contributed by atoms with Gasteiger partial charge in [0.15, 0.2) is 0 Å². The summed E-state index contributed by atoms with van der Waals surface area (Å²) >= 11 is 2.01. The van der Waals surface area contributed by atoms with E-state index >= 15 is 0 Å². The lowest BCUT2D eigenvalue weighted by Crippen LogP contribution is -2.16. The Balaban J connectivity index is 2.74. The zero-order valence-electron chi connectivity index (χ0n) is 7.44. The van der Waals surface area contributed by atoms with Gasteiger partial charge < -0.3 is 5.32 Å². The van der Waals surface area contributed by atoms with Gasteiger partial charge in [-0.15, -0.1) is 6.58 Å². The van der Waals surface area contributed by atoms with Crippen LogP contribution in [0.3, 0.4) is 0 Å². The van der Waals surface area contributed by atoms with Gasteiger partial charge in [-0.3, -0.25) is 0 Å². The fourth-order valence-corrected chi connectivity index (χ4v) is 1.41. The molecule has 0 aliphatic carbocycles. The molecule has 0 aliphatic rings. The van der Waals surface area contributed by atoms with Crippen molar-refractivity contribution in [3.63, 3.8) is 0 Å². The number of hydrogen-bond acceptors (Lipinski definition) is 2. The molecule has 0 fully saturated rings. The maximum absolute atomic E-state index is 3.66. The van der Waals surface area contributed by atoms with Crippen LogP contribution in [0, 0.1) is 0 Å². The Kier molecular flexibility index (Phi) is 10.1. The van der Waals surface area contributed by atoms with E-state index in [1.807, 2.05) is 17.8 Å². The van der Waals surface area contributed by atoms with Gasteiger partial charge in [0.1, 0.15) is 0 Å². The highest BCUT2D eigenvalue weighted by Gasteiger charge is 1.86. The van der Waals surface area contributed by atoms with E-state index in [1.165, 1.54) is 17.9 Å². The topological polar surface area (TPSA) is 12.0 Å². The first-order valence-electron chi connectivity index (χ1n) is 4.31. The standard InChI is InChI=1S/C9H19NS/c1-3-5-7-10-8-6-9-11-4-2/h3,10H,1,4-9H2,2H3. The molecule has 0 bridgehead atoms. The Hall–Kier alpha value is 0.0500. The van der Waals surface area contributed by atoms with Crippen LogP contribution in [0.5, 0.6) is 0 Å². The van der Waals surface area contributed by atoms with Gasteiger partial charge in [0.25, 0.3) is 0 Å². The van der Waals surface area contributed by atoms with Crippen molar-refractivity contribution in [2.45, 2.75) is 19.8 Å². The summed E-state index contributed by atoms with van der Waals surface area (Å²) in [4.78, 5) is 0. The third kappa shape index (κ3) is 10.1. The molecule has 0 atom stereocenters. The van der Waals surface area contributed by atoms with Crippen LogP contribution in [-0.2, 0) is 0 Å². The third-order valence-electron chi connectivity index (χ3n) is 1.37. The molecular formula is C9H19NS. The molecule has 0 aromatic heterocycles. The largest absolute Gasteiger partial charge is 0.316 e. The van der Waals surface area contributed by atoms with Gasteiger partial charge >= 0.3 is 0 Å². The van der Waals surface area contributed by atoms with Crippen molar-refractivity contribution in [3.8, 4) is 0 Å². The SMILES string of the molecule is C=CCCNCCCSCC. The predicted octanol–water partition coefficient (Wildman–Crippen LogP) is 2.30. The second kappa shape index (κ2) is 10.0. The summed E-state index contributed by atoms with van der Waals surface area (Å²) in [5.41, 5.74) is 0. The van der Waals surface area contributed by atoms with Crippen molar-refractivity contribution in [2.75, 3.05) is 24.6 Å². The van der Waals surface area contributed by atoms with Gasteiger partial charge in [-0.25, -0.2) is 0 Å². The van der Waals surface area contributed by atoms with E-state index in [0.717, 1.165) is 19.5 Å². The molecule has 0 aromatic rings. The first-order chi connectivity index (χ1) is 5.41. The maximum Gasteiger partial charge on any atom is -0.00144 e. The van der Waals surface area contributed by atoms with Crippen LogP contribution in [0.2, 0.25) is 0 Å². The molecule has 0 aromatic carbocycles. The highest BCUT2D eigenvalue weighted by Crippen LogP contribution is 1.99. The molecule has 11 heavy (non-hydrogen) atoms. The van der Waals surface area contributed by atoms with Gasteiger partial charge in [0.2, 0.25) is 0 Å². The summed E-state index contributed by atoms with van der Waals surface area (Å²) in [6.07, 6.45) is 4.32. The van der Waals surface area contributed by atoms with Crippen LogP contribution < -0.4 is 5.32 Å². The van der Waals surface area contributed by atoms with Crippen LogP contribution in [0.25, 0.3) is 0 Å². The number of hydrogen-bond donors (Lipinski definition) is 1. The molecule has 2 heteroatoms. The first-order valence-corrected chi connectivity index (χ1v) is 5.46. The first kappa shape index (κ1) is 11.1. The minimum atomic E-state index is 1.08. The minimum absolute atomic E-state index is 1.08. The van der Waals surface area contributed by atoms with Crippen LogP contribution in [0.15, 0.2) is 12.7 Å². The van der Waals surface area contributed by atoms with E-state index in [4.69, 9.17) is 0 Å². The fourth-order valence-electron chi connectivity index (χ4n) is 0.773. The van der Waals surface area contributed by atoms with Crippen molar-refractivity contribution in [3.05, 3.63) is 12.7 Å². The molecular weight excluding hydrogens is 154 g/mol. The fraction of sp³-hybridized carbons (Fsp3) is 0.778. The van der Waals surface area contributed by atoms with E-state index < -0.39 is 0 Å². The predicted molar refractivity (Wildman–Crippen MR) is 55.3 cm³/mol. The zero-order valence-corrected chi connectivity index (χ0v) is 8.25. The lowest BCUT2D eigenvalue weighted by Gasteiger charge is -2.01. The highest BCUT2D eigenvalue weighted by molar-refractivity contribution is 7.99. The van der Waals surface area contributed by atoms with E-state index in [-0.39, 0.29) is 0 Å². The van der Waals surface area contributed by atoms with Crippen LogP contribution in [-0.4, -0.2) is 24.6 Å². The monoisotopic (exact) mass is 173 g/mol.